The number of methoxy groups -OCH3 is 1. The molecule has 2 aromatic rings. The summed E-state index contributed by atoms with van der Waals surface area (Å²) in [7, 11) is 1.61. The second-order valence-electron chi connectivity index (χ2n) is 5.46. The molecule has 0 spiro atoms. The second kappa shape index (κ2) is 7.92. The SMILES string of the molecule is CCC(NC(=S)Nc1ncccc1OC)c1ccc(C)c(C)c1. The van der Waals surface area contributed by atoms with Crippen LogP contribution >= 0.6 is 12.2 Å². The highest BCUT2D eigenvalue weighted by Crippen LogP contribution is 2.22. The maximum atomic E-state index is 5.43. The van der Waals surface area contributed by atoms with Crippen LogP contribution in [0.25, 0.3) is 0 Å². The van der Waals surface area contributed by atoms with Crippen molar-refractivity contribution in [2.24, 2.45) is 0 Å². The van der Waals surface area contributed by atoms with Crippen LogP contribution in [0.5, 0.6) is 5.75 Å². The first-order valence-corrected chi connectivity index (χ1v) is 8.09. The number of aryl methyl sites for hydroxylation is 2. The standard InChI is InChI=1S/C18H23N3OS/c1-5-15(14-9-8-12(2)13(3)11-14)20-18(23)21-17-16(22-4)7-6-10-19-17/h6-11,15H,5H2,1-4H3,(H2,19,20,21,23). The molecule has 0 aliphatic heterocycles. The quantitative estimate of drug-likeness (QED) is 0.807. The zero-order valence-electron chi connectivity index (χ0n) is 14.0. The Morgan fingerprint density at radius 2 is 2.04 bits per heavy atom. The van der Waals surface area contributed by atoms with Gasteiger partial charge in [-0.05, 0) is 61.3 Å². The maximum Gasteiger partial charge on any atom is 0.174 e. The molecule has 0 saturated heterocycles. The number of hydrogen-bond donors (Lipinski definition) is 2. The molecular weight excluding hydrogens is 306 g/mol. The molecule has 1 aromatic heterocycles. The van der Waals surface area contributed by atoms with Crippen molar-refractivity contribution in [2.75, 3.05) is 12.4 Å². The van der Waals surface area contributed by atoms with E-state index >= 15 is 0 Å². The van der Waals surface area contributed by atoms with Gasteiger partial charge in [0.25, 0.3) is 0 Å². The summed E-state index contributed by atoms with van der Waals surface area (Å²) >= 11 is 5.43. The van der Waals surface area contributed by atoms with Gasteiger partial charge in [0, 0.05) is 6.20 Å². The van der Waals surface area contributed by atoms with Crippen LogP contribution in [0.3, 0.4) is 0 Å². The predicted molar refractivity (Wildman–Crippen MR) is 99.1 cm³/mol. The maximum absolute atomic E-state index is 5.43. The molecule has 5 heteroatoms. The Kier molecular flexibility index (Phi) is 5.93. The van der Waals surface area contributed by atoms with Crippen molar-refractivity contribution in [3.05, 3.63) is 53.2 Å². The van der Waals surface area contributed by atoms with Crippen molar-refractivity contribution in [1.29, 1.82) is 0 Å². The molecule has 0 saturated carbocycles. The van der Waals surface area contributed by atoms with Crippen LogP contribution < -0.4 is 15.4 Å². The zero-order valence-corrected chi connectivity index (χ0v) is 14.8. The van der Waals surface area contributed by atoms with Crippen LogP contribution in [0.1, 0.15) is 36.1 Å². The Morgan fingerprint density at radius 3 is 2.70 bits per heavy atom. The van der Waals surface area contributed by atoms with Gasteiger partial charge in [-0.15, -0.1) is 0 Å². The lowest BCUT2D eigenvalue weighted by molar-refractivity contribution is 0.415. The van der Waals surface area contributed by atoms with Gasteiger partial charge in [0.15, 0.2) is 16.7 Å². The fourth-order valence-electron chi connectivity index (χ4n) is 2.35. The van der Waals surface area contributed by atoms with Crippen LogP contribution in [0.15, 0.2) is 36.5 Å². The lowest BCUT2D eigenvalue weighted by Crippen LogP contribution is -2.32. The summed E-state index contributed by atoms with van der Waals surface area (Å²) in [6.07, 6.45) is 2.64. The van der Waals surface area contributed by atoms with E-state index in [1.807, 2.05) is 12.1 Å². The minimum Gasteiger partial charge on any atom is -0.493 e. The van der Waals surface area contributed by atoms with Gasteiger partial charge >= 0.3 is 0 Å². The first-order chi connectivity index (χ1) is 11.0. The average Bonchev–Trinajstić information content (AvgIpc) is 2.55. The summed E-state index contributed by atoms with van der Waals surface area (Å²) < 4.78 is 5.28. The number of rotatable bonds is 5. The van der Waals surface area contributed by atoms with Gasteiger partial charge < -0.3 is 15.4 Å². The minimum atomic E-state index is 0.156. The molecule has 1 aromatic carbocycles. The van der Waals surface area contributed by atoms with E-state index in [0.29, 0.717) is 16.7 Å². The number of anilines is 1. The van der Waals surface area contributed by atoms with Gasteiger partial charge in [-0.1, -0.05) is 25.1 Å². The second-order valence-corrected chi connectivity index (χ2v) is 5.87. The molecule has 0 aliphatic rings. The molecule has 0 radical (unpaired) electrons. The molecular formula is C18H23N3OS. The lowest BCUT2D eigenvalue weighted by Gasteiger charge is -2.21. The third kappa shape index (κ3) is 4.42. The van der Waals surface area contributed by atoms with Crippen molar-refractivity contribution < 1.29 is 4.74 Å². The number of aromatic nitrogens is 1. The van der Waals surface area contributed by atoms with E-state index in [9.17, 15) is 0 Å². The van der Waals surface area contributed by atoms with Gasteiger partial charge in [0.2, 0.25) is 0 Å². The molecule has 122 valence electrons. The van der Waals surface area contributed by atoms with E-state index in [1.54, 1.807) is 13.3 Å². The molecule has 0 amide bonds. The zero-order chi connectivity index (χ0) is 16.8. The summed E-state index contributed by atoms with van der Waals surface area (Å²) in [6.45, 7) is 6.38. The predicted octanol–water partition coefficient (Wildman–Crippen LogP) is 4.14. The highest BCUT2D eigenvalue weighted by Gasteiger charge is 2.13. The number of ether oxygens (including phenoxy) is 1. The molecule has 1 heterocycles. The lowest BCUT2D eigenvalue weighted by atomic mass is 9.99. The topological polar surface area (TPSA) is 46.2 Å². The van der Waals surface area contributed by atoms with Gasteiger partial charge in [-0.2, -0.15) is 0 Å². The molecule has 0 aliphatic carbocycles. The van der Waals surface area contributed by atoms with E-state index in [4.69, 9.17) is 17.0 Å². The van der Waals surface area contributed by atoms with Crippen LogP contribution in [0.2, 0.25) is 0 Å². The molecule has 1 unspecified atom stereocenters. The minimum absolute atomic E-state index is 0.156. The Morgan fingerprint density at radius 1 is 1.26 bits per heavy atom. The van der Waals surface area contributed by atoms with Gasteiger partial charge in [-0.3, -0.25) is 0 Å². The van der Waals surface area contributed by atoms with Gasteiger partial charge in [-0.25, -0.2) is 4.98 Å². The molecule has 0 fully saturated rings. The number of hydrogen-bond acceptors (Lipinski definition) is 3. The van der Waals surface area contributed by atoms with Crippen LogP contribution in [-0.4, -0.2) is 17.2 Å². The first kappa shape index (κ1) is 17.2. The molecule has 0 bridgehead atoms. The monoisotopic (exact) mass is 329 g/mol. The molecule has 2 rings (SSSR count). The number of benzene rings is 1. The van der Waals surface area contributed by atoms with Crippen LogP contribution in [0.4, 0.5) is 5.82 Å². The number of thiocarbonyl (C=S) groups is 1. The largest absolute Gasteiger partial charge is 0.493 e. The van der Waals surface area contributed by atoms with Gasteiger partial charge in [0.1, 0.15) is 0 Å². The van der Waals surface area contributed by atoms with Crippen molar-refractivity contribution in [1.82, 2.24) is 10.3 Å². The fourth-order valence-corrected chi connectivity index (χ4v) is 2.59. The summed E-state index contributed by atoms with van der Waals surface area (Å²) in [5.41, 5.74) is 3.81. The molecule has 4 nitrogen and oxygen atoms in total. The van der Waals surface area contributed by atoms with E-state index < -0.39 is 0 Å². The molecule has 1 atom stereocenters. The Hall–Kier alpha value is -2.14. The highest BCUT2D eigenvalue weighted by molar-refractivity contribution is 7.80. The number of pyridine rings is 1. The average molecular weight is 329 g/mol. The third-order valence-corrected chi connectivity index (χ3v) is 4.09. The van der Waals surface area contributed by atoms with Gasteiger partial charge in [0.05, 0.1) is 13.2 Å². The Balaban J connectivity index is 2.09. The fraction of sp³-hybridized carbons (Fsp3) is 0.333. The third-order valence-electron chi connectivity index (χ3n) is 3.87. The Bertz CT molecular complexity index is 688. The molecule has 23 heavy (non-hydrogen) atoms. The van der Waals surface area contributed by atoms with Crippen molar-refractivity contribution in [2.45, 2.75) is 33.2 Å². The summed E-state index contributed by atoms with van der Waals surface area (Å²) in [6, 6.07) is 10.3. The van der Waals surface area contributed by atoms with Crippen molar-refractivity contribution in [3.8, 4) is 5.75 Å². The normalized spacial score (nSPS) is 11.7. The number of nitrogens with one attached hydrogen (secondary N) is 2. The van der Waals surface area contributed by atoms with E-state index in [2.05, 4.69) is 54.6 Å². The molecule has 2 N–H and O–H groups in total. The summed E-state index contributed by atoms with van der Waals surface area (Å²) in [4.78, 5) is 4.26. The van der Waals surface area contributed by atoms with Crippen molar-refractivity contribution >= 4 is 23.1 Å². The number of nitrogens with zero attached hydrogens (tertiary/aromatic N) is 1. The Labute approximate surface area is 143 Å². The smallest absolute Gasteiger partial charge is 0.174 e. The van der Waals surface area contributed by atoms with Crippen LogP contribution in [0, 0.1) is 13.8 Å². The first-order valence-electron chi connectivity index (χ1n) is 7.68. The summed E-state index contributed by atoms with van der Waals surface area (Å²) in [5, 5.41) is 6.99. The highest BCUT2D eigenvalue weighted by atomic mass is 32.1. The van der Waals surface area contributed by atoms with Crippen LogP contribution in [-0.2, 0) is 0 Å². The van der Waals surface area contributed by atoms with E-state index in [1.165, 1.54) is 16.7 Å². The van der Waals surface area contributed by atoms with Crippen molar-refractivity contribution in [3.63, 3.8) is 0 Å². The van der Waals surface area contributed by atoms with E-state index in [-0.39, 0.29) is 6.04 Å². The van der Waals surface area contributed by atoms with E-state index in [0.717, 1.165) is 6.42 Å². The summed E-state index contributed by atoms with van der Waals surface area (Å²) in [5.74, 6) is 1.28.